The molecule has 8 nitrogen and oxygen atoms in total. The summed E-state index contributed by atoms with van der Waals surface area (Å²) in [5, 5.41) is 5.83. The van der Waals surface area contributed by atoms with Crippen LogP contribution in [-0.4, -0.2) is 32.6 Å². The van der Waals surface area contributed by atoms with Gasteiger partial charge < -0.3 is 10.1 Å². The van der Waals surface area contributed by atoms with Gasteiger partial charge in [0.25, 0.3) is 5.91 Å². The van der Waals surface area contributed by atoms with Crippen LogP contribution >= 0.6 is 0 Å². The van der Waals surface area contributed by atoms with E-state index in [-0.39, 0.29) is 18.1 Å². The van der Waals surface area contributed by atoms with Gasteiger partial charge in [0.2, 0.25) is 0 Å². The first-order valence-corrected chi connectivity index (χ1v) is 9.24. The van der Waals surface area contributed by atoms with Gasteiger partial charge in [-0.15, -0.1) is 0 Å². The van der Waals surface area contributed by atoms with Crippen molar-refractivity contribution in [2.24, 2.45) is 5.41 Å². The van der Waals surface area contributed by atoms with Crippen LogP contribution in [0.5, 0.6) is 0 Å². The molecule has 1 aliphatic heterocycles. The van der Waals surface area contributed by atoms with Gasteiger partial charge >= 0.3 is 0 Å². The molecule has 0 spiro atoms. The number of amides is 1. The Morgan fingerprint density at radius 2 is 2.07 bits per heavy atom. The Labute approximate surface area is 168 Å². The third kappa shape index (κ3) is 3.96. The quantitative estimate of drug-likeness (QED) is 0.703. The van der Waals surface area contributed by atoms with E-state index in [9.17, 15) is 4.79 Å². The fraction of sp³-hybridized carbons (Fsp3) is 0.238. The highest BCUT2D eigenvalue weighted by atomic mass is 16.5. The van der Waals surface area contributed by atoms with E-state index in [4.69, 9.17) is 4.74 Å². The molecule has 0 saturated carbocycles. The standard InChI is InChI=1S/C21H22N6O2/c1-21(2,3)18-11-29-13-27(18)26-20(28)16-5-4-8-23-19(16)25-15-6-7-17-14(9-15)10-22-12-24-17/h4-12H,13H2,1-3H3,(H,23,25)(H,26,28). The Hall–Kier alpha value is -3.68. The molecule has 4 rings (SSSR count). The van der Waals surface area contributed by atoms with Gasteiger partial charge in [-0.25, -0.2) is 20.0 Å². The van der Waals surface area contributed by atoms with Crippen LogP contribution < -0.4 is 10.7 Å². The lowest BCUT2D eigenvalue weighted by atomic mass is 9.92. The second-order valence-corrected chi connectivity index (χ2v) is 7.74. The largest absolute Gasteiger partial charge is 0.477 e. The number of carbonyl (C=O) groups is 1. The molecule has 29 heavy (non-hydrogen) atoms. The zero-order valence-electron chi connectivity index (χ0n) is 16.5. The molecule has 0 unspecified atom stereocenters. The molecule has 148 valence electrons. The van der Waals surface area contributed by atoms with Gasteiger partial charge in [0, 0.05) is 28.9 Å². The maximum absolute atomic E-state index is 13.0. The minimum atomic E-state index is -0.273. The number of nitrogens with one attached hydrogen (secondary N) is 2. The second kappa shape index (κ2) is 7.38. The molecule has 3 aromatic rings. The Bertz CT molecular complexity index is 1090. The predicted octanol–water partition coefficient (Wildman–Crippen LogP) is 3.59. The molecule has 0 saturated heterocycles. The van der Waals surface area contributed by atoms with Gasteiger partial charge in [0.05, 0.1) is 16.8 Å². The highest BCUT2D eigenvalue weighted by Gasteiger charge is 2.29. The third-order valence-corrected chi connectivity index (χ3v) is 4.51. The molecule has 1 aliphatic rings. The minimum absolute atomic E-state index is 0.160. The van der Waals surface area contributed by atoms with Crippen LogP contribution in [0.2, 0.25) is 0 Å². The Morgan fingerprint density at radius 1 is 1.21 bits per heavy atom. The number of anilines is 2. The van der Waals surface area contributed by atoms with E-state index in [0.717, 1.165) is 22.3 Å². The van der Waals surface area contributed by atoms with Gasteiger partial charge in [-0.2, -0.15) is 0 Å². The van der Waals surface area contributed by atoms with Crippen molar-refractivity contribution >= 4 is 28.3 Å². The number of fused-ring (bicyclic) bond motifs is 1. The molecule has 0 bridgehead atoms. The van der Waals surface area contributed by atoms with Crippen LogP contribution in [-0.2, 0) is 4.74 Å². The summed E-state index contributed by atoms with van der Waals surface area (Å²) in [7, 11) is 0. The number of allylic oxidation sites excluding steroid dienone is 1. The van der Waals surface area contributed by atoms with E-state index in [1.54, 1.807) is 35.8 Å². The van der Waals surface area contributed by atoms with E-state index in [2.05, 4.69) is 46.5 Å². The number of benzene rings is 1. The van der Waals surface area contributed by atoms with E-state index in [1.807, 2.05) is 18.2 Å². The number of ether oxygens (including phenoxy) is 1. The number of hydrazine groups is 1. The average Bonchev–Trinajstić information content (AvgIpc) is 3.17. The summed E-state index contributed by atoms with van der Waals surface area (Å²) >= 11 is 0. The Morgan fingerprint density at radius 3 is 2.90 bits per heavy atom. The summed E-state index contributed by atoms with van der Waals surface area (Å²) in [5.41, 5.74) is 5.72. The highest BCUT2D eigenvalue weighted by molar-refractivity contribution is 5.99. The maximum atomic E-state index is 13.0. The first kappa shape index (κ1) is 18.7. The Kier molecular flexibility index (Phi) is 4.75. The smallest absolute Gasteiger partial charge is 0.273 e. The number of hydrogen-bond donors (Lipinski definition) is 2. The van der Waals surface area contributed by atoms with E-state index in [0.29, 0.717) is 11.4 Å². The fourth-order valence-electron chi connectivity index (χ4n) is 3.07. The van der Waals surface area contributed by atoms with Crippen LogP contribution in [0.15, 0.2) is 61.0 Å². The van der Waals surface area contributed by atoms with Gasteiger partial charge in [-0.05, 0) is 30.3 Å². The topological polar surface area (TPSA) is 92.3 Å². The van der Waals surface area contributed by atoms with Crippen molar-refractivity contribution < 1.29 is 9.53 Å². The number of rotatable bonds is 4. The molecule has 0 radical (unpaired) electrons. The zero-order valence-corrected chi connectivity index (χ0v) is 16.5. The Balaban J connectivity index is 1.56. The van der Waals surface area contributed by atoms with Gasteiger partial charge in [0.15, 0.2) is 6.73 Å². The van der Waals surface area contributed by atoms with Gasteiger partial charge in [-0.3, -0.25) is 10.2 Å². The molecule has 3 heterocycles. The van der Waals surface area contributed by atoms with Crippen LogP contribution in [0.1, 0.15) is 31.1 Å². The molecular weight excluding hydrogens is 368 g/mol. The zero-order chi connectivity index (χ0) is 20.4. The lowest BCUT2D eigenvalue weighted by molar-refractivity contribution is 0.0691. The maximum Gasteiger partial charge on any atom is 0.273 e. The summed E-state index contributed by atoms with van der Waals surface area (Å²) < 4.78 is 5.41. The molecular formula is C21H22N6O2. The molecule has 0 aliphatic carbocycles. The number of aromatic nitrogens is 3. The summed E-state index contributed by atoms with van der Waals surface area (Å²) in [6.07, 6.45) is 6.58. The molecule has 1 amide bonds. The van der Waals surface area contributed by atoms with Crippen molar-refractivity contribution in [3.05, 3.63) is 66.6 Å². The van der Waals surface area contributed by atoms with Crippen LogP contribution in [0.4, 0.5) is 11.5 Å². The van der Waals surface area contributed by atoms with Gasteiger partial charge in [-0.1, -0.05) is 20.8 Å². The summed E-state index contributed by atoms with van der Waals surface area (Å²) in [6.45, 7) is 6.46. The average molecular weight is 390 g/mol. The lowest BCUT2D eigenvalue weighted by Gasteiger charge is -2.29. The SMILES string of the molecule is CC(C)(C)C1=COCN1NC(=O)c1cccnc1Nc1ccc2ncncc2c1. The van der Waals surface area contributed by atoms with Gasteiger partial charge in [0.1, 0.15) is 18.4 Å². The minimum Gasteiger partial charge on any atom is -0.477 e. The monoisotopic (exact) mass is 390 g/mol. The van der Waals surface area contributed by atoms with Crippen molar-refractivity contribution in [3.8, 4) is 0 Å². The second-order valence-electron chi connectivity index (χ2n) is 7.74. The summed E-state index contributed by atoms with van der Waals surface area (Å²) in [5.74, 6) is 0.188. The fourth-order valence-corrected chi connectivity index (χ4v) is 3.07. The van der Waals surface area contributed by atoms with Crippen LogP contribution in [0.3, 0.4) is 0 Å². The van der Waals surface area contributed by atoms with Crippen molar-refractivity contribution in [2.45, 2.75) is 20.8 Å². The number of nitrogens with zero attached hydrogens (tertiary/aromatic N) is 4. The summed E-state index contributed by atoms with van der Waals surface area (Å²) in [6, 6.07) is 9.16. The summed E-state index contributed by atoms with van der Waals surface area (Å²) in [4.78, 5) is 25.6. The number of pyridine rings is 1. The van der Waals surface area contributed by atoms with E-state index in [1.165, 1.54) is 6.33 Å². The van der Waals surface area contributed by atoms with Crippen LogP contribution in [0.25, 0.3) is 10.9 Å². The van der Waals surface area contributed by atoms with Crippen molar-refractivity contribution in [2.75, 3.05) is 12.0 Å². The predicted molar refractivity (Wildman–Crippen MR) is 110 cm³/mol. The molecule has 0 fully saturated rings. The van der Waals surface area contributed by atoms with Crippen molar-refractivity contribution in [1.82, 2.24) is 25.4 Å². The number of hydrogen-bond acceptors (Lipinski definition) is 7. The lowest BCUT2D eigenvalue weighted by Crippen LogP contribution is -2.43. The molecule has 8 heteroatoms. The van der Waals surface area contributed by atoms with E-state index < -0.39 is 0 Å². The first-order chi connectivity index (χ1) is 13.9. The normalized spacial score (nSPS) is 13.8. The molecule has 0 atom stereocenters. The van der Waals surface area contributed by atoms with E-state index >= 15 is 0 Å². The first-order valence-electron chi connectivity index (χ1n) is 9.24. The highest BCUT2D eigenvalue weighted by Crippen LogP contribution is 2.30. The molecule has 2 N–H and O–H groups in total. The number of carbonyl (C=O) groups excluding carboxylic acids is 1. The van der Waals surface area contributed by atoms with Crippen molar-refractivity contribution in [3.63, 3.8) is 0 Å². The third-order valence-electron chi connectivity index (χ3n) is 4.51. The molecule has 2 aromatic heterocycles. The van der Waals surface area contributed by atoms with Crippen molar-refractivity contribution in [1.29, 1.82) is 0 Å². The molecule has 1 aromatic carbocycles. The van der Waals surface area contributed by atoms with Crippen LogP contribution in [0, 0.1) is 5.41 Å².